The molecule has 1 saturated carbocycles. The van der Waals surface area contributed by atoms with Crippen LogP contribution in [-0.4, -0.2) is 42.4 Å². The second-order valence-corrected chi connectivity index (χ2v) is 6.05. The van der Waals surface area contributed by atoms with E-state index in [0.29, 0.717) is 32.0 Å². The third-order valence-electron chi connectivity index (χ3n) is 4.71. The maximum absolute atomic E-state index is 12.7. The lowest BCUT2D eigenvalue weighted by Gasteiger charge is -2.38. The van der Waals surface area contributed by atoms with Crippen LogP contribution in [0.1, 0.15) is 45.4 Å². The molecule has 0 bridgehead atoms. The second kappa shape index (κ2) is 7.07. The Hall–Kier alpha value is -1.10. The molecule has 2 amide bonds. The number of nitrogens with two attached hydrogens (primary N) is 1. The minimum absolute atomic E-state index is 0.00131. The van der Waals surface area contributed by atoms with Crippen LogP contribution in [0.5, 0.6) is 0 Å². The van der Waals surface area contributed by atoms with Crippen LogP contribution < -0.4 is 11.1 Å². The van der Waals surface area contributed by atoms with Gasteiger partial charge in [0.15, 0.2) is 0 Å². The van der Waals surface area contributed by atoms with E-state index in [1.165, 1.54) is 6.42 Å². The lowest BCUT2D eigenvalue weighted by Crippen LogP contribution is -2.58. The van der Waals surface area contributed by atoms with Gasteiger partial charge >= 0.3 is 0 Å². The summed E-state index contributed by atoms with van der Waals surface area (Å²) >= 11 is 0. The fraction of sp³-hybridized carbons (Fsp3) is 0.867. The molecule has 114 valence electrons. The summed E-state index contributed by atoms with van der Waals surface area (Å²) in [5.41, 5.74) is 5.64. The zero-order valence-electron chi connectivity index (χ0n) is 12.4. The average Bonchev–Trinajstić information content (AvgIpc) is 2.47. The Morgan fingerprint density at radius 1 is 1.45 bits per heavy atom. The van der Waals surface area contributed by atoms with Crippen molar-refractivity contribution in [3.8, 4) is 0 Å². The number of nitrogens with one attached hydrogen (secondary N) is 1. The highest BCUT2D eigenvalue weighted by Crippen LogP contribution is 2.32. The Bertz CT molecular complexity index is 357. The van der Waals surface area contributed by atoms with E-state index in [9.17, 15) is 9.59 Å². The molecule has 5 heteroatoms. The van der Waals surface area contributed by atoms with Crippen LogP contribution in [0.15, 0.2) is 0 Å². The zero-order chi connectivity index (χ0) is 14.5. The predicted molar refractivity (Wildman–Crippen MR) is 77.9 cm³/mol. The second-order valence-electron chi connectivity index (χ2n) is 6.05. The molecule has 1 aliphatic carbocycles. The summed E-state index contributed by atoms with van der Waals surface area (Å²) < 4.78 is 0. The van der Waals surface area contributed by atoms with Crippen molar-refractivity contribution in [2.24, 2.45) is 17.6 Å². The predicted octanol–water partition coefficient (Wildman–Crippen LogP) is 0.879. The molecule has 2 aliphatic rings. The molecule has 1 heterocycles. The van der Waals surface area contributed by atoms with Gasteiger partial charge in [0.25, 0.3) is 0 Å². The van der Waals surface area contributed by atoms with Crippen LogP contribution >= 0.6 is 0 Å². The number of carbonyl (C=O) groups is 2. The molecular weight excluding hydrogens is 254 g/mol. The Labute approximate surface area is 121 Å². The molecule has 3 atom stereocenters. The number of piperazine rings is 1. The van der Waals surface area contributed by atoms with Crippen LogP contribution in [0.2, 0.25) is 0 Å². The van der Waals surface area contributed by atoms with Crippen molar-refractivity contribution in [1.29, 1.82) is 0 Å². The summed E-state index contributed by atoms with van der Waals surface area (Å²) in [6, 6.07) is -0.272. The fourth-order valence-corrected chi connectivity index (χ4v) is 3.63. The minimum Gasteiger partial charge on any atom is -0.353 e. The van der Waals surface area contributed by atoms with Gasteiger partial charge in [0.2, 0.25) is 11.8 Å². The summed E-state index contributed by atoms with van der Waals surface area (Å²) in [4.78, 5) is 26.4. The molecule has 0 aromatic heterocycles. The molecule has 1 aliphatic heterocycles. The van der Waals surface area contributed by atoms with E-state index >= 15 is 0 Å². The Kier molecular flexibility index (Phi) is 5.40. The van der Waals surface area contributed by atoms with Crippen molar-refractivity contribution in [3.05, 3.63) is 0 Å². The number of nitrogens with zero attached hydrogens (tertiary/aromatic N) is 1. The van der Waals surface area contributed by atoms with Crippen LogP contribution in [0, 0.1) is 11.8 Å². The molecule has 5 nitrogen and oxygen atoms in total. The van der Waals surface area contributed by atoms with Crippen molar-refractivity contribution in [3.63, 3.8) is 0 Å². The van der Waals surface area contributed by atoms with Gasteiger partial charge in [-0.15, -0.1) is 0 Å². The van der Waals surface area contributed by atoms with Crippen LogP contribution in [0.25, 0.3) is 0 Å². The molecule has 3 N–H and O–H groups in total. The van der Waals surface area contributed by atoms with E-state index in [-0.39, 0.29) is 23.8 Å². The first kappa shape index (κ1) is 15.3. The molecule has 3 unspecified atom stereocenters. The molecule has 0 spiro atoms. The van der Waals surface area contributed by atoms with Gasteiger partial charge in [0.1, 0.15) is 6.04 Å². The first-order valence-corrected chi connectivity index (χ1v) is 7.95. The third kappa shape index (κ3) is 3.32. The molecule has 1 saturated heterocycles. The quantitative estimate of drug-likeness (QED) is 0.803. The van der Waals surface area contributed by atoms with Gasteiger partial charge in [-0.25, -0.2) is 0 Å². The highest BCUT2D eigenvalue weighted by atomic mass is 16.2. The minimum atomic E-state index is -0.272. The van der Waals surface area contributed by atoms with E-state index in [1.807, 2.05) is 11.8 Å². The lowest BCUT2D eigenvalue weighted by atomic mass is 9.79. The molecule has 0 aromatic carbocycles. The SMILES string of the molecule is CCC1C(=O)NCCN1C(=O)C1CCCC(CCN)C1. The first-order chi connectivity index (χ1) is 9.67. The van der Waals surface area contributed by atoms with Crippen LogP contribution in [-0.2, 0) is 9.59 Å². The van der Waals surface area contributed by atoms with E-state index in [0.717, 1.165) is 25.7 Å². The van der Waals surface area contributed by atoms with E-state index in [4.69, 9.17) is 5.73 Å². The smallest absolute Gasteiger partial charge is 0.242 e. The molecule has 0 aromatic rings. The fourth-order valence-electron chi connectivity index (χ4n) is 3.63. The molecule has 2 fully saturated rings. The number of hydrogen-bond acceptors (Lipinski definition) is 3. The lowest BCUT2D eigenvalue weighted by molar-refractivity contribution is -0.147. The van der Waals surface area contributed by atoms with Gasteiger partial charge in [0.05, 0.1) is 0 Å². The van der Waals surface area contributed by atoms with Crippen molar-refractivity contribution < 1.29 is 9.59 Å². The number of carbonyl (C=O) groups excluding carboxylic acids is 2. The number of amides is 2. The van der Waals surface area contributed by atoms with Gasteiger partial charge in [0, 0.05) is 19.0 Å². The summed E-state index contributed by atoms with van der Waals surface area (Å²) in [5.74, 6) is 0.872. The molecular formula is C15H27N3O2. The maximum atomic E-state index is 12.7. The largest absolute Gasteiger partial charge is 0.353 e. The van der Waals surface area contributed by atoms with Gasteiger partial charge in [-0.3, -0.25) is 9.59 Å². The van der Waals surface area contributed by atoms with Crippen LogP contribution in [0.3, 0.4) is 0 Å². The summed E-state index contributed by atoms with van der Waals surface area (Å²) in [6.07, 6.45) is 5.92. The van der Waals surface area contributed by atoms with E-state index < -0.39 is 0 Å². The van der Waals surface area contributed by atoms with Gasteiger partial charge < -0.3 is 16.0 Å². The normalized spacial score (nSPS) is 31.0. The Balaban J connectivity index is 2.00. The topological polar surface area (TPSA) is 75.4 Å². The summed E-state index contributed by atoms with van der Waals surface area (Å²) in [6.45, 7) is 3.91. The Morgan fingerprint density at radius 2 is 2.25 bits per heavy atom. The molecule has 20 heavy (non-hydrogen) atoms. The van der Waals surface area contributed by atoms with Crippen molar-refractivity contribution in [2.75, 3.05) is 19.6 Å². The highest BCUT2D eigenvalue weighted by Gasteiger charge is 2.36. The zero-order valence-corrected chi connectivity index (χ0v) is 12.4. The van der Waals surface area contributed by atoms with Crippen molar-refractivity contribution in [1.82, 2.24) is 10.2 Å². The monoisotopic (exact) mass is 281 g/mol. The summed E-state index contributed by atoms with van der Waals surface area (Å²) in [5, 5.41) is 2.85. The summed E-state index contributed by atoms with van der Waals surface area (Å²) in [7, 11) is 0. The van der Waals surface area contributed by atoms with Gasteiger partial charge in [-0.2, -0.15) is 0 Å². The molecule has 0 radical (unpaired) electrons. The van der Waals surface area contributed by atoms with Crippen LogP contribution in [0.4, 0.5) is 0 Å². The maximum Gasteiger partial charge on any atom is 0.242 e. The molecule has 2 rings (SSSR count). The third-order valence-corrected chi connectivity index (χ3v) is 4.71. The standard InChI is InChI=1S/C15H27N3O2/c1-2-13-14(19)17-8-9-18(13)15(20)12-5-3-4-11(10-12)6-7-16/h11-13H,2-10,16H2,1H3,(H,17,19). The van der Waals surface area contributed by atoms with Crippen molar-refractivity contribution in [2.45, 2.75) is 51.5 Å². The number of hydrogen-bond donors (Lipinski definition) is 2. The first-order valence-electron chi connectivity index (χ1n) is 7.95. The van der Waals surface area contributed by atoms with E-state index in [2.05, 4.69) is 5.32 Å². The van der Waals surface area contributed by atoms with Gasteiger partial charge in [-0.1, -0.05) is 19.8 Å². The van der Waals surface area contributed by atoms with Crippen molar-refractivity contribution >= 4 is 11.8 Å². The average molecular weight is 281 g/mol. The number of rotatable bonds is 4. The highest BCUT2D eigenvalue weighted by molar-refractivity contribution is 5.89. The van der Waals surface area contributed by atoms with E-state index in [1.54, 1.807) is 0 Å². The van der Waals surface area contributed by atoms with Gasteiger partial charge in [-0.05, 0) is 38.1 Å². The Morgan fingerprint density at radius 3 is 2.95 bits per heavy atom.